The summed E-state index contributed by atoms with van der Waals surface area (Å²) >= 11 is 1.51. The van der Waals surface area contributed by atoms with Gasteiger partial charge in [-0.2, -0.15) is 5.10 Å². The molecule has 1 aliphatic heterocycles. The van der Waals surface area contributed by atoms with Crippen LogP contribution in [-0.2, 0) is 18.4 Å². The molecule has 0 aromatic carbocycles. The number of amides is 1. The topological polar surface area (TPSA) is 85.2 Å². The second-order valence-corrected chi connectivity index (χ2v) is 8.07. The molecule has 9 heteroatoms. The molecule has 2 atom stereocenters. The minimum Gasteiger partial charge on any atom is -0.473 e. The molecule has 1 saturated heterocycles. The number of hydrogen-bond acceptors (Lipinski definition) is 7. The van der Waals surface area contributed by atoms with Crippen molar-refractivity contribution in [3.05, 3.63) is 29.5 Å². The third kappa shape index (κ3) is 4.09. The molecule has 8 nitrogen and oxygen atoms in total. The van der Waals surface area contributed by atoms with Gasteiger partial charge in [0.25, 0.3) is 0 Å². The average molecular weight is 386 g/mol. The van der Waals surface area contributed by atoms with Crippen LogP contribution in [0.25, 0.3) is 10.9 Å². The number of nitrogens with zero attached hydrogens (tertiary/aromatic N) is 5. The van der Waals surface area contributed by atoms with Gasteiger partial charge in [-0.15, -0.1) is 11.3 Å². The minimum absolute atomic E-state index is 0.100. The van der Waals surface area contributed by atoms with E-state index >= 15 is 0 Å². The predicted molar refractivity (Wildman–Crippen MR) is 104 cm³/mol. The van der Waals surface area contributed by atoms with Gasteiger partial charge in [-0.3, -0.25) is 14.4 Å². The van der Waals surface area contributed by atoms with E-state index in [1.54, 1.807) is 10.9 Å². The first kappa shape index (κ1) is 17.9. The summed E-state index contributed by atoms with van der Waals surface area (Å²) in [4.78, 5) is 23.3. The lowest BCUT2D eigenvalue weighted by atomic mass is 10.2. The Labute approximate surface area is 161 Å². The molecule has 3 aromatic rings. The van der Waals surface area contributed by atoms with Crippen LogP contribution in [0.1, 0.15) is 25.1 Å². The molecule has 0 spiro atoms. The van der Waals surface area contributed by atoms with Gasteiger partial charge >= 0.3 is 0 Å². The smallest absolute Gasteiger partial charge is 0.223 e. The summed E-state index contributed by atoms with van der Waals surface area (Å²) in [5.74, 6) is 0.539. The van der Waals surface area contributed by atoms with E-state index in [9.17, 15) is 4.79 Å². The zero-order valence-electron chi connectivity index (χ0n) is 15.5. The molecule has 4 heterocycles. The molecule has 4 rings (SSSR count). The van der Waals surface area contributed by atoms with Gasteiger partial charge in [0.2, 0.25) is 11.8 Å². The second kappa shape index (κ2) is 7.24. The number of aryl methyl sites for hydroxylation is 1. The van der Waals surface area contributed by atoms with Gasteiger partial charge in [-0.25, -0.2) is 9.97 Å². The molecule has 1 fully saturated rings. The number of aromatic nitrogens is 4. The maximum Gasteiger partial charge on any atom is 0.223 e. The van der Waals surface area contributed by atoms with Crippen molar-refractivity contribution in [1.82, 2.24) is 24.6 Å². The summed E-state index contributed by atoms with van der Waals surface area (Å²) in [6.07, 6.45) is 6.59. The SMILES string of the molecule is CC(=O)Nc1ncc(CN2CC(Oc3cc4cn(C)nc4cn3)CC2C)s1. The van der Waals surface area contributed by atoms with Gasteiger partial charge < -0.3 is 10.1 Å². The van der Waals surface area contributed by atoms with Crippen LogP contribution in [0.5, 0.6) is 5.88 Å². The van der Waals surface area contributed by atoms with E-state index in [1.165, 1.54) is 18.3 Å². The van der Waals surface area contributed by atoms with Crippen LogP contribution < -0.4 is 10.1 Å². The van der Waals surface area contributed by atoms with E-state index in [2.05, 4.69) is 32.2 Å². The fourth-order valence-electron chi connectivity index (χ4n) is 3.41. The van der Waals surface area contributed by atoms with Gasteiger partial charge in [-0.1, -0.05) is 0 Å². The summed E-state index contributed by atoms with van der Waals surface area (Å²) in [5, 5.41) is 8.74. The number of ether oxygens (including phenoxy) is 1. The molecule has 27 heavy (non-hydrogen) atoms. The number of hydrogen-bond donors (Lipinski definition) is 1. The largest absolute Gasteiger partial charge is 0.473 e. The van der Waals surface area contributed by atoms with E-state index < -0.39 is 0 Å². The summed E-state index contributed by atoms with van der Waals surface area (Å²) in [6, 6.07) is 2.35. The van der Waals surface area contributed by atoms with E-state index in [-0.39, 0.29) is 12.0 Å². The van der Waals surface area contributed by atoms with Crippen molar-refractivity contribution in [1.29, 1.82) is 0 Å². The number of carbonyl (C=O) groups is 1. The highest BCUT2D eigenvalue weighted by Crippen LogP contribution is 2.27. The van der Waals surface area contributed by atoms with Crippen molar-refractivity contribution < 1.29 is 9.53 Å². The van der Waals surface area contributed by atoms with Gasteiger partial charge in [0.05, 0.1) is 6.20 Å². The molecule has 0 bridgehead atoms. The molecule has 1 amide bonds. The summed E-state index contributed by atoms with van der Waals surface area (Å²) in [6.45, 7) is 5.33. The molecule has 1 aliphatic rings. The Hall–Kier alpha value is -2.52. The van der Waals surface area contributed by atoms with Crippen LogP contribution in [0.2, 0.25) is 0 Å². The number of nitrogens with one attached hydrogen (secondary N) is 1. The molecule has 2 unspecified atom stereocenters. The Kier molecular flexibility index (Phi) is 4.79. The minimum atomic E-state index is -0.100. The number of thiazole rings is 1. The zero-order chi connectivity index (χ0) is 19.0. The molecule has 1 N–H and O–H groups in total. The molecule has 3 aromatic heterocycles. The maximum atomic E-state index is 11.1. The lowest BCUT2D eigenvalue weighted by molar-refractivity contribution is -0.114. The Bertz CT molecular complexity index is 968. The fraction of sp³-hybridized carbons (Fsp3) is 0.444. The van der Waals surface area contributed by atoms with Crippen LogP contribution >= 0.6 is 11.3 Å². The highest BCUT2D eigenvalue weighted by molar-refractivity contribution is 7.15. The van der Waals surface area contributed by atoms with Crippen LogP contribution in [-0.4, -0.2) is 49.2 Å². The van der Waals surface area contributed by atoms with Gasteiger partial charge in [-0.05, 0) is 6.92 Å². The molecular weight excluding hydrogens is 364 g/mol. The predicted octanol–water partition coefficient (Wildman–Crippen LogP) is 2.43. The number of likely N-dealkylation sites (tertiary alicyclic amines) is 1. The van der Waals surface area contributed by atoms with Crippen LogP contribution in [0.3, 0.4) is 0 Å². The first-order valence-electron chi connectivity index (χ1n) is 8.88. The fourth-order valence-corrected chi connectivity index (χ4v) is 4.29. The molecule has 0 aliphatic carbocycles. The van der Waals surface area contributed by atoms with Crippen molar-refractivity contribution in [2.24, 2.45) is 7.05 Å². The van der Waals surface area contributed by atoms with Crippen molar-refractivity contribution in [2.45, 2.75) is 39.0 Å². The number of fused-ring (bicyclic) bond motifs is 1. The van der Waals surface area contributed by atoms with Crippen LogP contribution in [0.15, 0.2) is 24.7 Å². The monoisotopic (exact) mass is 386 g/mol. The van der Waals surface area contributed by atoms with Gasteiger partial charge in [0.15, 0.2) is 5.13 Å². The molecule has 142 valence electrons. The summed E-state index contributed by atoms with van der Waals surface area (Å²) in [5.41, 5.74) is 0.867. The zero-order valence-corrected chi connectivity index (χ0v) is 16.4. The Balaban J connectivity index is 1.38. The van der Waals surface area contributed by atoms with Crippen molar-refractivity contribution in [2.75, 3.05) is 11.9 Å². The van der Waals surface area contributed by atoms with Crippen LogP contribution in [0, 0.1) is 0 Å². The number of rotatable bonds is 5. The highest BCUT2D eigenvalue weighted by Gasteiger charge is 2.31. The normalized spacial score (nSPS) is 20.3. The standard InChI is InChI=1S/C18H22N6O2S/c1-11-4-14(26-17-5-13-8-23(3)22-16(13)7-19-17)9-24(11)10-15-6-20-18(27-15)21-12(2)25/h5-8,11,14H,4,9-10H2,1-3H3,(H,20,21,25). The van der Waals surface area contributed by atoms with E-state index in [1.807, 2.05) is 25.5 Å². The summed E-state index contributed by atoms with van der Waals surface area (Å²) in [7, 11) is 1.90. The number of pyridine rings is 1. The molecule has 0 radical (unpaired) electrons. The Morgan fingerprint density at radius 1 is 1.41 bits per heavy atom. The lowest BCUT2D eigenvalue weighted by Gasteiger charge is -2.19. The van der Waals surface area contributed by atoms with Crippen molar-refractivity contribution in [3.8, 4) is 5.88 Å². The van der Waals surface area contributed by atoms with Crippen LogP contribution in [0.4, 0.5) is 5.13 Å². The average Bonchev–Trinajstić information content (AvgIpc) is 3.26. The Morgan fingerprint density at radius 3 is 3.07 bits per heavy atom. The van der Waals surface area contributed by atoms with E-state index in [0.717, 1.165) is 35.3 Å². The van der Waals surface area contributed by atoms with Gasteiger partial charge in [0.1, 0.15) is 11.6 Å². The maximum absolute atomic E-state index is 11.1. The number of anilines is 1. The molecule has 0 saturated carbocycles. The van der Waals surface area contributed by atoms with E-state index in [0.29, 0.717) is 17.1 Å². The van der Waals surface area contributed by atoms with E-state index in [4.69, 9.17) is 4.74 Å². The highest BCUT2D eigenvalue weighted by atomic mass is 32.1. The quantitative estimate of drug-likeness (QED) is 0.725. The lowest BCUT2D eigenvalue weighted by Crippen LogP contribution is -2.27. The molecular formula is C18H22N6O2S. The first-order chi connectivity index (χ1) is 13.0. The third-order valence-corrected chi connectivity index (χ3v) is 5.53. The van der Waals surface area contributed by atoms with Crippen molar-refractivity contribution >= 4 is 33.3 Å². The summed E-state index contributed by atoms with van der Waals surface area (Å²) < 4.78 is 7.91. The first-order valence-corrected chi connectivity index (χ1v) is 9.70. The van der Waals surface area contributed by atoms with Crippen molar-refractivity contribution in [3.63, 3.8) is 0 Å². The van der Waals surface area contributed by atoms with Gasteiger partial charge in [0, 0.05) is 68.2 Å². The second-order valence-electron chi connectivity index (χ2n) is 6.95. The Morgan fingerprint density at radius 2 is 2.26 bits per heavy atom. The number of carbonyl (C=O) groups excluding carboxylic acids is 1. The third-order valence-electron chi connectivity index (χ3n) is 4.63.